The van der Waals surface area contributed by atoms with Gasteiger partial charge in [-0.2, -0.15) is 10.4 Å². The van der Waals surface area contributed by atoms with E-state index in [0.717, 1.165) is 74.8 Å². The fourth-order valence-electron chi connectivity index (χ4n) is 9.56. The first-order valence-corrected chi connectivity index (χ1v) is 19.4. The molecule has 1 spiro atoms. The van der Waals surface area contributed by atoms with Gasteiger partial charge in [-0.3, -0.25) is 4.21 Å². The number of hydrogen-bond acceptors (Lipinski definition) is 12. The van der Waals surface area contributed by atoms with E-state index >= 15 is 0 Å². The number of aryl methyl sites for hydroxylation is 1. The van der Waals surface area contributed by atoms with Crippen LogP contribution in [0.25, 0.3) is 22.6 Å². The molecule has 7 heterocycles. The summed E-state index contributed by atoms with van der Waals surface area (Å²) in [5.41, 5.74) is 8.89. The van der Waals surface area contributed by atoms with E-state index in [9.17, 15) is 14.6 Å². The van der Waals surface area contributed by atoms with Crippen LogP contribution in [0.1, 0.15) is 98.6 Å². The Kier molecular flexibility index (Phi) is 6.90. The molecule has 12 nitrogen and oxygen atoms in total. The lowest BCUT2D eigenvalue weighted by Crippen LogP contribution is -2.53. The van der Waals surface area contributed by atoms with Crippen LogP contribution in [0.3, 0.4) is 0 Å². The van der Waals surface area contributed by atoms with Gasteiger partial charge in [0.1, 0.15) is 16.9 Å². The number of nitrogens with two attached hydrogens (primary N) is 1. The predicted octanol–water partition coefficient (Wildman–Crippen LogP) is 4.45. The van der Waals surface area contributed by atoms with E-state index in [0.29, 0.717) is 69.1 Å². The summed E-state index contributed by atoms with van der Waals surface area (Å²) in [4.78, 5) is 16.2. The summed E-state index contributed by atoms with van der Waals surface area (Å²) in [5, 5.41) is 33.1. The first-order valence-electron chi connectivity index (χ1n) is 17.3. The zero-order valence-corrected chi connectivity index (χ0v) is 29.3. The number of likely N-dealkylation sites (tertiary alicyclic amines) is 1. The molecule has 0 radical (unpaired) electrons. The van der Waals surface area contributed by atoms with Gasteiger partial charge in [0.2, 0.25) is 0 Å². The summed E-state index contributed by atoms with van der Waals surface area (Å²) < 4.78 is 22.3. The number of piperidine rings is 1. The minimum Gasteiger partial charge on any atom is -0.389 e. The molecule has 5 aliphatic rings. The summed E-state index contributed by atoms with van der Waals surface area (Å²) >= 11 is 1.53. The van der Waals surface area contributed by atoms with E-state index in [1.54, 1.807) is 0 Å². The maximum absolute atomic E-state index is 14.0. The number of nitriles is 1. The van der Waals surface area contributed by atoms with Crippen LogP contribution in [0.15, 0.2) is 9.55 Å². The third kappa shape index (κ3) is 4.33. The van der Waals surface area contributed by atoms with E-state index in [2.05, 4.69) is 29.8 Å². The second-order valence-corrected chi connectivity index (χ2v) is 17.5. The van der Waals surface area contributed by atoms with Gasteiger partial charge in [0.15, 0.2) is 28.0 Å². The van der Waals surface area contributed by atoms with Crippen molar-refractivity contribution >= 4 is 44.0 Å². The van der Waals surface area contributed by atoms with Crippen LogP contribution in [-0.2, 0) is 29.1 Å². The Morgan fingerprint density at radius 3 is 2.77 bits per heavy atom. The molecule has 4 aromatic rings. The zero-order chi connectivity index (χ0) is 33.1. The van der Waals surface area contributed by atoms with Crippen LogP contribution < -0.4 is 10.6 Å². The minimum atomic E-state index is -1.35. The molecule has 2 fully saturated rings. The van der Waals surface area contributed by atoms with Gasteiger partial charge < -0.3 is 25.2 Å². The molecule has 0 amide bonds. The Labute approximate surface area is 285 Å². The lowest BCUT2D eigenvalue weighted by Gasteiger charge is -2.42. The van der Waals surface area contributed by atoms with Gasteiger partial charge >= 0.3 is 0 Å². The number of aliphatic hydroxyl groups is 1. The lowest BCUT2D eigenvalue weighted by molar-refractivity contribution is 0.0380. The van der Waals surface area contributed by atoms with Crippen molar-refractivity contribution in [2.75, 3.05) is 36.5 Å². The summed E-state index contributed by atoms with van der Waals surface area (Å²) in [6.07, 6.45) is 8.85. The normalized spacial score (nSPS) is 30.6. The number of nitrogen functional groups attached to an aromatic ring is 1. The smallest absolute Gasteiger partial charge is 0.186 e. The van der Waals surface area contributed by atoms with E-state index in [4.69, 9.17) is 30.5 Å². The molecule has 3 aliphatic heterocycles. The van der Waals surface area contributed by atoms with Crippen molar-refractivity contribution < 1.29 is 13.8 Å². The largest absolute Gasteiger partial charge is 0.389 e. The topological polar surface area (TPSA) is 163 Å². The second-order valence-electron chi connectivity index (χ2n) is 15.0. The van der Waals surface area contributed by atoms with Gasteiger partial charge in [0, 0.05) is 29.1 Å². The maximum Gasteiger partial charge on any atom is 0.186 e. The highest BCUT2D eigenvalue weighted by Crippen LogP contribution is 2.55. The average Bonchev–Trinajstić information content (AvgIpc) is 3.84. The van der Waals surface area contributed by atoms with Crippen LogP contribution in [0.2, 0.25) is 0 Å². The molecule has 14 heteroatoms. The van der Waals surface area contributed by atoms with Gasteiger partial charge in [0.05, 0.1) is 44.6 Å². The van der Waals surface area contributed by atoms with Crippen LogP contribution in [-0.4, -0.2) is 82.7 Å². The Hall–Kier alpha value is -3.38. The molecular weight excluding hydrogens is 647 g/mol. The summed E-state index contributed by atoms with van der Waals surface area (Å²) in [5.74, 6) is 2.36. The molecular formula is C34H41N9O3S2. The lowest BCUT2D eigenvalue weighted by atomic mass is 9.63. The first kappa shape index (κ1) is 30.7. The highest BCUT2D eigenvalue weighted by molar-refractivity contribution is 7.85. The molecule has 0 saturated carbocycles. The van der Waals surface area contributed by atoms with Gasteiger partial charge in [0.25, 0.3) is 0 Å². The molecule has 6 atom stereocenters. The van der Waals surface area contributed by atoms with Crippen LogP contribution in [0.5, 0.6) is 0 Å². The molecule has 3 N–H and O–H groups in total. The van der Waals surface area contributed by atoms with Crippen molar-refractivity contribution in [2.45, 2.75) is 112 Å². The van der Waals surface area contributed by atoms with Crippen molar-refractivity contribution in [3.63, 3.8) is 0 Å². The summed E-state index contributed by atoms with van der Waals surface area (Å²) in [7, 11) is 0.805. The molecule has 9 rings (SSSR count). The molecule has 4 aromatic heterocycles. The Bertz CT molecular complexity index is 2040. The molecule has 0 aromatic carbocycles. The van der Waals surface area contributed by atoms with Crippen molar-refractivity contribution in [1.29, 1.82) is 5.26 Å². The van der Waals surface area contributed by atoms with Gasteiger partial charge in [-0.15, -0.1) is 11.3 Å². The summed E-state index contributed by atoms with van der Waals surface area (Å²) in [6, 6.07) is 2.63. The first-order chi connectivity index (χ1) is 23.1. The van der Waals surface area contributed by atoms with Crippen molar-refractivity contribution in [3.8, 4) is 17.6 Å². The van der Waals surface area contributed by atoms with Gasteiger partial charge in [-0.1, -0.05) is 5.16 Å². The van der Waals surface area contributed by atoms with E-state index < -0.39 is 21.8 Å². The van der Waals surface area contributed by atoms with Crippen LogP contribution in [0.4, 0.5) is 10.8 Å². The van der Waals surface area contributed by atoms with E-state index in [1.165, 1.54) is 16.2 Å². The molecule has 2 aliphatic carbocycles. The van der Waals surface area contributed by atoms with Gasteiger partial charge in [-0.25, -0.2) is 14.6 Å². The van der Waals surface area contributed by atoms with E-state index in [1.807, 2.05) is 11.6 Å². The SMILES string of the molecule is C[C@@H]([C@@H]1CCCN1C)n1nc2c3c(nc(-c4noc5c4CCC[C@@]54CCCc5sc(N)c(C#N)c54)nc31)N1C[C@](C)(O)CC[C@@H]1CS2=O. The fraction of sp³-hybridized carbons (Fsp3) is 0.618. The second kappa shape index (κ2) is 10.8. The quantitative estimate of drug-likeness (QED) is 0.313. The molecule has 0 bridgehead atoms. The average molecular weight is 688 g/mol. The zero-order valence-electron chi connectivity index (χ0n) is 27.7. The Morgan fingerprint density at radius 2 is 2.00 bits per heavy atom. The highest BCUT2D eigenvalue weighted by Gasteiger charge is 2.49. The third-order valence-electron chi connectivity index (χ3n) is 11.9. The van der Waals surface area contributed by atoms with Crippen LogP contribution in [0, 0.1) is 11.3 Å². The van der Waals surface area contributed by atoms with Gasteiger partial charge in [-0.05, 0) is 97.2 Å². The maximum atomic E-state index is 14.0. The van der Waals surface area contributed by atoms with Crippen molar-refractivity contribution in [2.24, 2.45) is 0 Å². The number of thiophene rings is 1. The number of anilines is 2. The molecule has 252 valence electrons. The summed E-state index contributed by atoms with van der Waals surface area (Å²) in [6.45, 7) is 5.45. The standard InChI is InChI=1S/C34H41N9O3S2/c1-18(22-8-6-14-41(22)3)43-31-24-30(42-17-33(2,44)13-10-19(42)16-48(45)32(24)39-43)37-29(38-31)26-20-7-4-11-34(27(20)46-40-26)12-5-9-23-25(34)21(15-35)28(36)47-23/h18-19,22,44H,4-14,16-17,36H2,1-3H3/t18-,19+,22-,33+,34-,48?/m0/s1. The number of fused-ring (bicyclic) bond motifs is 6. The highest BCUT2D eigenvalue weighted by atomic mass is 32.2. The predicted molar refractivity (Wildman–Crippen MR) is 184 cm³/mol. The fourth-order valence-corrected chi connectivity index (χ4v) is 12.2. The Balaban J connectivity index is 1.26. The number of hydrogen-bond donors (Lipinski definition) is 2. The number of aromatic nitrogens is 5. The molecule has 2 saturated heterocycles. The molecule has 1 unspecified atom stereocenters. The monoisotopic (exact) mass is 687 g/mol. The van der Waals surface area contributed by atoms with Crippen LogP contribution >= 0.6 is 11.3 Å². The third-order valence-corrected chi connectivity index (χ3v) is 14.4. The number of likely N-dealkylation sites (N-methyl/N-ethyl adjacent to an activating group) is 1. The molecule has 48 heavy (non-hydrogen) atoms. The number of rotatable bonds is 3. The Morgan fingerprint density at radius 1 is 1.19 bits per heavy atom. The number of nitrogens with zero attached hydrogens (tertiary/aromatic N) is 8. The van der Waals surface area contributed by atoms with Crippen molar-refractivity contribution in [3.05, 3.63) is 27.3 Å². The minimum absolute atomic E-state index is 0.00959. The van der Waals surface area contributed by atoms with E-state index in [-0.39, 0.29) is 18.1 Å². The van der Waals surface area contributed by atoms with Crippen molar-refractivity contribution in [1.82, 2.24) is 29.8 Å².